The lowest BCUT2D eigenvalue weighted by Crippen LogP contribution is -2.02. The highest BCUT2D eigenvalue weighted by atomic mass is 32.2. The third kappa shape index (κ3) is 4.79. The molecule has 0 aliphatic rings. The van der Waals surface area contributed by atoms with Crippen molar-refractivity contribution in [3.05, 3.63) is 97.1 Å². The fourth-order valence-corrected chi connectivity index (χ4v) is 4.22. The lowest BCUT2D eigenvalue weighted by Gasteiger charge is -2.11. The highest BCUT2D eigenvalue weighted by molar-refractivity contribution is 7.91. The summed E-state index contributed by atoms with van der Waals surface area (Å²) in [6.45, 7) is 0. The lowest BCUT2D eigenvalue weighted by atomic mass is 10.3. The van der Waals surface area contributed by atoms with E-state index in [1.807, 2.05) is 0 Å². The summed E-state index contributed by atoms with van der Waals surface area (Å²) in [6.07, 6.45) is 0. The fraction of sp³-hybridized carbons (Fsp3) is 0. The van der Waals surface area contributed by atoms with Gasteiger partial charge in [-0.05, 0) is 84.9 Å². The van der Waals surface area contributed by atoms with Crippen LogP contribution in [0.25, 0.3) is 0 Å². The van der Waals surface area contributed by atoms with Gasteiger partial charge in [0.15, 0.2) is 0 Å². The molecule has 4 rings (SSSR count). The summed E-state index contributed by atoms with van der Waals surface area (Å²) in [5, 5.41) is 0. The van der Waals surface area contributed by atoms with Crippen LogP contribution in [0.5, 0.6) is 23.0 Å². The first-order chi connectivity index (χ1) is 14.9. The lowest BCUT2D eigenvalue weighted by molar-refractivity contribution is 0.480. The maximum absolute atomic E-state index is 13.2. The second-order valence-corrected chi connectivity index (χ2v) is 8.75. The molecule has 6 nitrogen and oxygen atoms in total. The Hall–Kier alpha value is -3.97. The van der Waals surface area contributed by atoms with Gasteiger partial charge in [-0.1, -0.05) is 12.1 Å². The maximum atomic E-state index is 13.2. The van der Waals surface area contributed by atoms with E-state index in [1.165, 1.54) is 24.3 Å². The third-order valence-electron chi connectivity index (χ3n) is 4.46. The van der Waals surface area contributed by atoms with Crippen molar-refractivity contribution in [2.24, 2.45) is 0 Å². The molecule has 0 bridgehead atoms. The Bertz CT molecular complexity index is 1210. The molecule has 0 saturated heterocycles. The van der Waals surface area contributed by atoms with Crippen LogP contribution in [0.3, 0.4) is 0 Å². The van der Waals surface area contributed by atoms with Crippen LogP contribution < -0.4 is 20.9 Å². The Morgan fingerprint density at radius 1 is 0.516 bits per heavy atom. The summed E-state index contributed by atoms with van der Waals surface area (Å²) in [5.41, 5.74) is 12.6. The highest BCUT2D eigenvalue weighted by Gasteiger charge is 2.19. The minimum Gasteiger partial charge on any atom is -0.457 e. The zero-order chi connectivity index (χ0) is 21.8. The van der Waals surface area contributed by atoms with Gasteiger partial charge < -0.3 is 20.9 Å². The van der Waals surface area contributed by atoms with Gasteiger partial charge in [0.25, 0.3) is 0 Å². The van der Waals surface area contributed by atoms with Gasteiger partial charge in [-0.25, -0.2) is 8.42 Å². The predicted molar refractivity (Wildman–Crippen MR) is 120 cm³/mol. The zero-order valence-corrected chi connectivity index (χ0v) is 17.3. The minimum absolute atomic E-state index is 0.116. The molecule has 0 fully saturated rings. The summed E-state index contributed by atoms with van der Waals surface area (Å²) in [4.78, 5) is 0.232. The largest absolute Gasteiger partial charge is 0.457 e. The van der Waals surface area contributed by atoms with E-state index >= 15 is 0 Å². The number of ether oxygens (including phenoxy) is 2. The third-order valence-corrected chi connectivity index (χ3v) is 6.21. The molecule has 0 aromatic heterocycles. The quantitative estimate of drug-likeness (QED) is 0.402. The predicted octanol–water partition coefficient (Wildman–Crippen LogP) is 5.27. The molecule has 4 aromatic carbocycles. The summed E-state index contributed by atoms with van der Waals surface area (Å²) in [5.74, 6) is 1.92. The summed E-state index contributed by atoms with van der Waals surface area (Å²) >= 11 is 0. The van der Waals surface area contributed by atoms with Crippen LogP contribution in [0, 0.1) is 0 Å². The van der Waals surface area contributed by atoms with E-state index in [1.54, 1.807) is 72.8 Å². The van der Waals surface area contributed by atoms with E-state index in [9.17, 15) is 8.42 Å². The molecule has 0 radical (unpaired) electrons. The van der Waals surface area contributed by atoms with Crippen LogP contribution >= 0.6 is 0 Å². The van der Waals surface area contributed by atoms with Gasteiger partial charge in [0.2, 0.25) is 9.84 Å². The summed E-state index contributed by atoms with van der Waals surface area (Å²) in [6, 6.07) is 26.4. The van der Waals surface area contributed by atoms with Crippen LogP contribution in [0.1, 0.15) is 0 Å². The first-order valence-corrected chi connectivity index (χ1v) is 10.9. The Morgan fingerprint density at radius 2 is 0.903 bits per heavy atom. The monoisotopic (exact) mass is 432 g/mol. The van der Waals surface area contributed by atoms with Crippen molar-refractivity contribution in [1.82, 2.24) is 0 Å². The standard InChI is InChI=1S/C24H20N2O4S/c25-17-7-11-19(12-8-17)29-21-3-1-5-23(15-21)31(27,28)24-6-2-4-22(16-24)30-20-13-9-18(26)10-14-20/h1-16H,25-26H2. The van der Waals surface area contributed by atoms with Crippen LogP contribution in [0.4, 0.5) is 11.4 Å². The first kappa shape index (κ1) is 20.3. The molecule has 7 heteroatoms. The Kier molecular flexibility index (Phi) is 5.51. The summed E-state index contributed by atoms with van der Waals surface area (Å²) in [7, 11) is -3.78. The van der Waals surface area contributed by atoms with Crippen LogP contribution in [-0.4, -0.2) is 8.42 Å². The maximum Gasteiger partial charge on any atom is 0.206 e. The smallest absolute Gasteiger partial charge is 0.206 e. The number of rotatable bonds is 6. The van der Waals surface area contributed by atoms with Crippen molar-refractivity contribution in [2.75, 3.05) is 11.5 Å². The molecule has 0 saturated carbocycles. The van der Waals surface area contributed by atoms with E-state index in [0.717, 1.165) is 0 Å². The topological polar surface area (TPSA) is 105 Å². The number of nitrogen functional groups attached to an aromatic ring is 2. The molecule has 156 valence electrons. The van der Waals surface area contributed by atoms with Gasteiger partial charge in [0.1, 0.15) is 23.0 Å². The first-order valence-electron chi connectivity index (χ1n) is 9.42. The Balaban J connectivity index is 1.59. The fourth-order valence-electron chi connectivity index (χ4n) is 2.89. The van der Waals surface area contributed by atoms with Gasteiger partial charge in [-0.2, -0.15) is 0 Å². The Labute approximate surface area is 180 Å². The number of sulfone groups is 1. The highest BCUT2D eigenvalue weighted by Crippen LogP contribution is 2.30. The van der Waals surface area contributed by atoms with Crippen molar-refractivity contribution >= 4 is 21.2 Å². The molecule has 0 aliphatic heterocycles. The molecule has 0 aliphatic carbocycles. The van der Waals surface area contributed by atoms with Crippen LogP contribution in [0.15, 0.2) is 107 Å². The molecule has 0 unspecified atom stereocenters. The van der Waals surface area contributed by atoms with E-state index in [-0.39, 0.29) is 9.79 Å². The molecule has 0 amide bonds. The SMILES string of the molecule is Nc1ccc(Oc2cccc(S(=O)(=O)c3cccc(Oc4ccc(N)cc4)c3)c2)cc1. The molecule has 4 N–H and O–H groups in total. The van der Waals surface area contributed by atoms with Gasteiger partial charge in [0, 0.05) is 11.4 Å². The van der Waals surface area contributed by atoms with E-state index < -0.39 is 9.84 Å². The molecule has 4 aromatic rings. The van der Waals surface area contributed by atoms with Gasteiger partial charge >= 0.3 is 0 Å². The molecule has 0 spiro atoms. The summed E-state index contributed by atoms with van der Waals surface area (Å²) < 4.78 is 37.9. The van der Waals surface area contributed by atoms with Gasteiger partial charge in [-0.15, -0.1) is 0 Å². The number of hydrogen-bond acceptors (Lipinski definition) is 6. The average Bonchev–Trinajstić information content (AvgIpc) is 2.77. The average molecular weight is 433 g/mol. The van der Waals surface area contributed by atoms with Gasteiger partial charge in [-0.3, -0.25) is 0 Å². The van der Waals surface area contributed by atoms with Crippen molar-refractivity contribution in [1.29, 1.82) is 0 Å². The van der Waals surface area contributed by atoms with Crippen molar-refractivity contribution in [3.8, 4) is 23.0 Å². The zero-order valence-electron chi connectivity index (χ0n) is 16.4. The minimum atomic E-state index is -3.78. The normalized spacial score (nSPS) is 11.1. The van der Waals surface area contributed by atoms with E-state index in [2.05, 4.69) is 0 Å². The van der Waals surface area contributed by atoms with Gasteiger partial charge in [0.05, 0.1) is 9.79 Å². The van der Waals surface area contributed by atoms with E-state index in [4.69, 9.17) is 20.9 Å². The molecular weight excluding hydrogens is 412 g/mol. The van der Waals surface area contributed by atoms with Crippen molar-refractivity contribution in [2.45, 2.75) is 9.79 Å². The van der Waals surface area contributed by atoms with Crippen molar-refractivity contribution in [3.63, 3.8) is 0 Å². The second kappa shape index (κ2) is 8.41. The number of anilines is 2. The number of hydrogen-bond donors (Lipinski definition) is 2. The van der Waals surface area contributed by atoms with E-state index in [0.29, 0.717) is 34.4 Å². The van der Waals surface area contributed by atoms with Crippen molar-refractivity contribution < 1.29 is 17.9 Å². The number of nitrogens with two attached hydrogens (primary N) is 2. The second-order valence-electron chi connectivity index (χ2n) is 6.80. The molecule has 31 heavy (non-hydrogen) atoms. The molecule has 0 atom stereocenters. The molecular formula is C24H20N2O4S. The van der Waals surface area contributed by atoms with Crippen LogP contribution in [0.2, 0.25) is 0 Å². The Morgan fingerprint density at radius 3 is 1.29 bits per heavy atom. The number of benzene rings is 4. The molecule has 0 heterocycles. The van der Waals surface area contributed by atoms with Crippen LogP contribution in [-0.2, 0) is 9.84 Å².